The smallest absolute Gasteiger partial charge is 0.258 e. The van der Waals surface area contributed by atoms with Crippen molar-refractivity contribution in [3.63, 3.8) is 0 Å². The molecule has 37 heavy (non-hydrogen) atoms. The van der Waals surface area contributed by atoms with Crippen LogP contribution >= 0.6 is 0 Å². The van der Waals surface area contributed by atoms with Crippen LogP contribution in [0.15, 0.2) is 42.5 Å². The van der Waals surface area contributed by atoms with E-state index >= 15 is 0 Å². The molecule has 0 amide bonds. The number of hydrogen-bond acceptors (Lipinski definition) is 2. The van der Waals surface area contributed by atoms with E-state index in [0.717, 1.165) is 12.1 Å². The first-order valence-electron chi connectivity index (χ1n) is 9.79. The van der Waals surface area contributed by atoms with Gasteiger partial charge < -0.3 is 0 Å². The normalized spacial score (nSPS) is 11.2. The van der Waals surface area contributed by atoms with Crippen molar-refractivity contribution in [2.24, 2.45) is 0 Å². The number of nitro benzene ring substituents is 1. The summed E-state index contributed by atoms with van der Waals surface area (Å²) in [6, 6.07) is 6.27. The van der Waals surface area contributed by atoms with Crippen LogP contribution < -0.4 is 0 Å². The van der Waals surface area contributed by atoms with Crippen LogP contribution in [0.1, 0.15) is 0 Å². The molecule has 0 unspecified atom stereocenters. The molecule has 0 N–H and O–H groups in total. The van der Waals surface area contributed by atoms with Crippen molar-refractivity contribution in [2.75, 3.05) is 0 Å². The van der Waals surface area contributed by atoms with E-state index in [4.69, 9.17) is 0 Å². The van der Waals surface area contributed by atoms with Gasteiger partial charge in [-0.15, -0.1) is 0 Å². The first-order chi connectivity index (χ1) is 17.4. The summed E-state index contributed by atoms with van der Waals surface area (Å²) in [5, 5.41) is 11.5. The lowest BCUT2D eigenvalue weighted by Gasteiger charge is -2.15. The molecule has 4 rings (SSSR count). The summed E-state index contributed by atoms with van der Waals surface area (Å²) in [5.41, 5.74) is -6.68. The molecule has 0 saturated heterocycles. The molecule has 13 heteroatoms. The average molecular weight is 531 g/mol. The second-order valence-corrected chi connectivity index (χ2v) is 7.46. The quantitative estimate of drug-likeness (QED) is 0.0881. The van der Waals surface area contributed by atoms with Crippen molar-refractivity contribution >= 4 is 5.69 Å². The van der Waals surface area contributed by atoms with E-state index in [9.17, 15) is 54.0 Å². The first kappa shape index (κ1) is 25.7. The topological polar surface area (TPSA) is 43.1 Å². The fraction of sp³-hybridized carbons (Fsp3) is 0. The van der Waals surface area contributed by atoms with Gasteiger partial charge in [-0.05, 0) is 41.0 Å². The maximum Gasteiger partial charge on any atom is 0.277 e. The van der Waals surface area contributed by atoms with Gasteiger partial charge in [0.2, 0.25) is 11.6 Å². The highest BCUT2D eigenvalue weighted by atomic mass is 19.2. The van der Waals surface area contributed by atoms with E-state index in [0.29, 0.717) is 18.2 Å². The van der Waals surface area contributed by atoms with E-state index < -0.39 is 96.6 Å². The summed E-state index contributed by atoms with van der Waals surface area (Å²) < 4.78 is 141. The van der Waals surface area contributed by atoms with Crippen LogP contribution in [0.3, 0.4) is 0 Å². The Balaban J connectivity index is 2.17. The van der Waals surface area contributed by atoms with E-state index in [1.807, 2.05) is 0 Å². The zero-order valence-electron chi connectivity index (χ0n) is 17.6. The average Bonchev–Trinajstić information content (AvgIpc) is 2.88. The molecule has 0 radical (unpaired) electrons. The second kappa shape index (κ2) is 9.22. The highest BCUT2D eigenvalue weighted by Gasteiger charge is 2.30. The van der Waals surface area contributed by atoms with Crippen molar-refractivity contribution in [1.82, 2.24) is 0 Å². The number of nitrogens with zero attached hydrogens (tertiary/aromatic N) is 1. The summed E-state index contributed by atoms with van der Waals surface area (Å²) >= 11 is 0. The number of rotatable bonds is 4. The van der Waals surface area contributed by atoms with Crippen molar-refractivity contribution in [3.05, 3.63) is 111 Å². The number of benzene rings is 4. The maximum atomic E-state index is 14.6. The third-order valence-electron chi connectivity index (χ3n) is 5.34. The molecule has 0 bridgehead atoms. The van der Waals surface area contributed by atoms with Gasteiger partial charge in [0, 0.05) is 6.07 Å². The second-order valence-electron chi connectivity index (χ2n) is 7.46. The highest BCUT2D eigenvalue weighted by molar-refractivity contribution is 5.84. The lowest BCUT2D eigenvalue weighted by molar-refractivity contribution is -0.384. The van der Waals surface area contributed by atoms with Crippen LogP contribution in [0.4, 0.5) is 49.6 Å². The molecule has 0 aliphatic rings. The van der Waals surface area contributed by atoms with Crippen LogP contribution in [0.2, 0.25) is 0 Å². The van der Waals surface area contributed by atoms with Gasteiger partial charge in [0.05, 0.1) is 21.6 Å². The zero-order valence-corrected chi connectivity index (χ0v) is 17.6. The Morgan fingerprint density at radius 2 is 0.811 bits per heavy atom. The highest BCUT2D eigenvalue weighted by Crippen LogP contribution is 2.41. The van der Waals surface area contributed by atoms with Gasteiger partial charge in [-0.25, -0.2) is 43.9 Å². The van der Waals surface area contributed by atoms with Crippen LogP contribution in [0.5, 0.6) is 0 Å². The summed E-state index contributed by atoms with van der Waals surface area (Å²) in [5.74, 6) is -24.1. The monoisotopic (exact) mass is 531 g/mol. The van der Waals surface area contributed by atoms with Crippen molar-refractivity contribution in [2.45, 2.75) is 0 Å². The Kier molecular flexibility index (Phi) is 6.40. The van der Waals surface area contributed by atoms with Crippen LogP contribution in [0.25, 0.3) is 33.4 Å². The molecule has 4 aromatic carbocycles. The van der Waals surface area contributed by atoms with E-state index in [1.165, 1.54) is 12.1 Å². The van der Waals surface area contributed by atoms with Gasteiger partial charge >= 0.3 is 0 Å². The van der Waals surface area contributed by atoms with Crippen LogP contribution in [0, 0.1) is 68.3 Å². The molecule has 0 aliphatic heterocycles. The van der Waals surface area contributed by atoms with E-state index in [2.05, 4.69) is 0 Å². The Morgan fingerprint density at radius 3 is 1.19 bits per heavy atom. The van der Waals surface area contributed by atoms with Gasteiger partial charge in [0.25, 0.3) is 5.69 Å². The third kappa shape index (κ3) is 4.05. The zero-order chi connectivity index (χ0) is 27.3. The molecular formula is C24H7F10NO2. The lowest BCUT2D eigenvalue weighted by Crippen LogP contribution is -2.06. The summed E-state index contributed by atoms with van der Waals surface area (Å²) in [4.78, 5) is 10.5. The minimum absolute atomic E-state index is 0.372. The fourth-order valence-electron chi connectivity index (χ4n) is 3.67. The molecule has 0 aliphatic carbocycles. The Morgan fingerprint density at radius 1 is 0.486 bits per heavy atom. The van der Waals surface area contributed by atoms with E-state index in [-0.39, 0.29) is 5.56 Å². The van der Waals surface area contributed by atoms with E-state index in [1.54, 1.807) is 0 Å². The van der Waals surface area contributed by atoms with Crippen LogP contribution in [-0.4, -0.2) is 4.92 Å². The lowest BCUT2D eigenvalue weighted by atomic mass is 9.91. The predicted molar refractivity (Wildman–Crippen MR) is 109 cm³/mol. The van der Waals surface area contributed by atoms with Gasteiger partial charge in [0.15, 0.2) is 46.5 Å². The first-order valence-corrected chi connectivity index (χ1v) is 9.79. The van der Waals surface area contributed by atoms with Gasteiger partial charge in [-0.3, -0.25) is 10.1 Å². The van der Waals surface area contributed by atoms with Crippen LogP contribution in [-0.2, 0) is 0 Å². The largest absolute Gasteiger partial charge is 0.277 e. The molecule has 0 saturated carbocycles. The maximum absolute atomic E-state index is 14.6. The number of hydrogen-bond donors (Lipinski definition) is 0. The van der Waals surface area contributed by atoms with Crippen molar-refractivity contribution < 1.29 is 48.8 Å². The third-order valence-corrected chi connectivity index (χ3v) is 5.34. The van der Waals surface area contributed by atoms with Gasteiger partial charge in [-0.2, -0.15) is 0 Å². The molecule has 0 aromatic heterocycles. The Bertz CT molecular complexity index is 1470. The Hall–Kier alpha value is -4.42. The number of halogens is 10. The summed E-state index contributed by atoms with van der Waals surface area (Å²) in [6.07, 6.45) is 0. The minimum Gasteiger partial charge on any atom is -0.258 e. The number of nitro groups is 1. The SMILES string of the molecule is O=[N+]([O-])c1ccccc1-c1cc(-c2c(F)c(F)c(F)c(F)c2F)cc(-c2c(F)c(F)c(F)c(F)c2F)c1. The van der Waals surface area contributed by atoms with Crippen molar-refractivity contribution in [3.8, 4) is 33.4 Å². The summed E-state index contributed by atoms with van der Waals surface area (Å²) in [6.45, 7) is 0. The molecule has 0 spiro atoms. The predicted octanol–water partition coefficient (Wildman–Crippen LogP) is 7.99. The Labute approximate surface area is 199 Å². The fourth-order valence-corrected chi connectivity index (χ4v) is 3.67. The molecule has 0 heterocycles. The summed E-state index contributed by atoms with van der Waals surface area (Å²) in [7, 11) is 0. The minimum atomic E-state index is -2.52. The molecular weight excluding hydrogens is 524 g/mol. The van der Waals surface area contributed by atoms with Crippen molar-refractivity contribution in [1.29, 1.82) is 0 Å². The van der Waals surface area contributed by atoms with Gasteiger partial charge in [0.1, 0.15) is 0 Å². The molecule has 0 atom stereocenters. The molecule has 190 valence electrons. The molecule has 4 aromatic rings. The van der Waals surface area contributed by atoms with Gasteiger partial charge in [-0.1, -0.05) is 12.1 Å². The standard InChI is InChI=1S/C24H7F10NO2/c25-15-13(16(26)20(30)23(33)19(15)29)9-5-8(11-3-1-2-4-12(11)35(36)37)6-10(7-9)14-17(27)21(31)24(34)22(32)18(14)28/h1-7H. The number of para-hydroxylation sites is 1. The molecule has 3 nitrogen and oxygen atoms in total. The molecule has 0 fully saturated rings.